The van der Waals surface area contributed by atoms with Gasteiger partial charge in [-0.15, -0.1) is 0 Å². The predicted molar refractivity (Wildman–Crippen MR) is 59.8 cm³/mol. The second-order valence-corrected chi connectivity index (χ2v) is 4.60. The van der Waals surface area contributed by atoms with Crippen LogP contribution in [-0.2, 0) is 0 Å². The molecule has 0 bridgehead atoms. The first-order valence-corrected chi connectivity index (χ1v) is 5.26. The minimum absolute atomic E-state index is 0.116. The van der Waals surface area contributed by atoms with Crippen molar-refractivity contribution in [1.82, 2.24) is 0 Å². The Morgan fingerprint density at radius 2 is 2.07 bits per heavy atom. The second kappa shape index (κ2) is 4.31. The highest BCUT2D eigenvalue weighted by atomic mass is 35.5. The lowest BCUT2D eigenvalue weighted by Gasteiger charge is -2.21. The Labute approximate surface area is 94.3 Å². The van der Waals surface area contributed by atoms with Crippen molar-refractivity contribution < 1.29 is 9.18 Å². The van der Waals surface area contributed by atoms with Crippen molar-refractivity contribution in [3.63, 3.8) is 0 Å². The second-order valence-electron chi connectivity index (χ2n) is 4.19. The highest BCUT2D eigenvalue weighted by Gasteiger charge is 2.28. The van der Waals surface area contributed by atoms with Gasteiger partial charge in [0, 0.05) is 11.0 Å². The molecule has 0 radical (unpaired) electrons. The molecule has 0 saturated carbocycles. The molecule has 0 aliphatic rings. The smallest absolute Gasteiger partial charge is 0.170 e. The zero-order chi connectivity index (χ0) is 11.6. The van der Waals surface area contributed by atoms with Gasteiger partial charge in [0.05, 0.1) is 5.02 Å². The van der Waals surface area contributed by atoms with Crippen LogP contribution in [0.3, 0.4) is 0 Å². The maximum Gasteiger partial charge on any atom is 0.170 e. The van der Waals surface area contributed by atoms with E-state index >= 15 is 0 Å². The molecule has 0 N–H and O–H groups in total. The van der Waals surface area contributed by atoms with E-state index in [0.717, 1.165) is 0 Å². The highest BCUT2D eigenvalue weighted by molar-refractivity contribution is 6.34. The largest absolute Gasteiger partial charge is 0.294 e. The maximum atomic E-state index is 13.0. The number of Topliss-reactive ketones (excluding diaryl/α,β-unsaturated/α-hetero) is 1. The van der Waals surface area contributed by atoms with Crippen LogP contribution < -0.4 is 0 Å². The molecule has 1 nitrogen and oxygen atoms in total. The predicted octanol–water partition coefficient (Wildman–Crippen LogP) is 4.10. The summed E-state index contributed by atoms with van der Waals surface area (Å²) >= 11 is 5.87. The summed E-state index contributed by atoms with van der Waals surface area (Å²) in [6, 6.07) is 3.86. The minimum Gasteiger partial charge on any atom is -0.294 e. The van der Waals surface area contributed by atoms with Gasteiger partial charge in [-0.3, -0.25) is 4.79 Å². The van der Waals surface area contributed by atoms with E-state index in [1.807, 2.05) is 20.8 Å². The molecule has 1 rings (SSSR count). The molecule has 82 valence electrons. The van der Waals surface area contributed by atoms with Gasteiger partial charge < -0.3 is 0 Å². The molecule has 3 heteroatoms. The molecule has 0 amide bonds. The van der Waals surface area contributed by atoms with Gasteiger partial charge in [0.2, 0.25) is 0 Å². The van der Waals surface area contributed by atoms with Crippen molar-refractivity contribution in [2.75, 3.05) is 0 Å². The van der Waals surface area contributed by atoms with Crippen molar-refractivity contribution in [2.45, 2.75) is 27.2 Å². The lowest BCUT2D eigenvalue weighted by Crippen LogP contribution is -2.23. The zero-order valence-electron chi connectivity index (χ0n) is 9.10. The van der Waals surface area contributed by atoms with E-state index in [0.29, 0.717) is 11.4 Å². The van der Waals surface area contributed by atoms with Crippen LogP contribution in [0.5, 0.6) is 0 Å². The number of hydrogen-bond acceptors (Lipinski definition) is 1. The van der Waals surface area contributed by atoms with E-state index in [9.17, 15) is 9.18 Å². The highest BCUT2D eigenvalue weighted by Crippen LogP contribution is 2.29. The molecular weight excluding hydrogens is 215 g/mol. The van der Waals surface area contributed by atoms with Gasteiger partial charge in [-0.2, -0.15) is 0 Å². The number of carbonyl (C=O) groups is 1. The van der Waals surface area contributed by atoms with Gasteiger partial charge in [0.15, 0.2) is 5.78 Å². The fraction of sp³-hybridized carbons (Fsp3) is 0.417. The molecule has 0 atom stereocenters. The number of benzene rings is 1. The number of hydrogen-bond donors (Lipinski definition) is 0. The summed E-state index contributed by atoms with van der Waals surface area (Å²) in [7, 11) is 0. The van der Waals surface area contributed by atoms with Crippen molar-refractivity contribution in [1.29, 1.82) is 0 Å². The van der Waals surface area contributed by atoms with Crippen molar-refractivity contribution in [3.8, 4) is 0 Å². The molecule has 0 heterocycles. The summed E-state index contributed by atoms with van der Waals surface area (Å²) in [6.07, 6.45) is 0.693. The monoisotopic (exact) mass is 228 g/mol. The normalized spacial score (nSPS) is 11.5. The summed E-state index contributed by atoms with van der Waals surface area (Å²) in [5.74, 6) is -0.552. The van der Waals surface area contributed by atoms with Gasteiger partial charge in [-0.1, -0.05) is 32.4 Å². The Kier molecular flexibility index (Phi) is 3.50. The van der Waals surface area contributed by atoms with Crippen LogP contribution in [0.25, 0.3) is 0 Å². The lowest BCUT2D eigenvalue weighted by atomic mass is 9.82. The van der Waals surface area contributed by atoms with Crippen molar-refractivity contribution in [2.24, 2.45) is 5.41 Å². The van der Waals surface area contributed by atoms with Crippen LogP contribution in [-0.4, -0.2) is 5.78 Å². The van der Waals surface area contributed by atoms with Crippen LogP contribution in [0.15, 0.2) is 18.2 Å². The SMILES string of the molecule is CCC(C)(C)C(=O)c1cc(F)ccc1Cl. The zero-order valence-corrected chi connectivity index (χ0v) is 9.86. The molecule has 0 unspecified atom stereocenters. The number of carbonyl (C=O) groups excluding carboxylic acids is 1. The molecule has 15 heavy (non-hydrogen) atoms. The summed E-state index contributed by atoms with van der Waals surface area (Å²) in [5.41, 5.74) is -0.235. The fourth-order valence-corrected chi connectivity index (χ4v) is 1.40. The molecule has 1 aromatic carbocycles. The summed E-state index contributed by atoms with van der Waals surface area (Å²) in [6.45, 7) is 5.58. The van der Waals surface area contributed by atoms with E-state index in [2.05, 4.69) is 0 Å². The van der Waals surface area contributed by atoms with Gasteiger partial charge in [-0.25, -0.2) is 4.39 Å². The van der Waals surface area contributed by atoms with E-state index in [1.165, 1.54) is 18.2 Å². The standard InChI is InChI=1S/C12H14ClFO/c1-4-12(2,3)11(15)9-7-8(14)5-6-10(9)13/h5-7H,4H2,1-3H3. The number of halogens is 2. The summed E-state index contributed by atoms with van der Waals surface area (Å²) in [5, 5.41) is 0.308. The average Bonchev–Trinajstić information content (AvgIpc) is 2.20. The molecule has 0 aromatic heterocycles. The van der Waals surface area contributed by atoms with Crippen LogP contribution >= 0.6 is 11.6 Å². The van der Waals surface area contributed by atoms with Gasteiger partial charge in [0.25, 0.3) is 0 Å². The first-order valence-electron chi connectivity index (χ1n) is 4.88. The van der Waals surface area contributed by atoms with Crippen molar-refractivity contribution in [3.05, 3.63) is 34.6 Å². The molecule has 0 aliphatic heterocycles. The third-order valence-corrected chi connectivity index (χ3v) is 3.00. The minimum atomic E-state index is -0.503. The average molecular weight is 229 g/mol. The van der Waals surface area contributed by atoms with E-state index < -0.39 is 11.2 Å². The Hall–Kier alpha value is -0.890. The Balaban J connectivity index is 3.17. The lowest BCUT2D eigenvalue weighted by molar-refractivity contribution is 0.0832. The van der Waals surface area contributed by atoms with E-state index in [1.54, 1.807) is 0 Å². The third-order valence-electron chi connectivity index (χ3n) is 2.67. The first kappa shape index (κ1) is 12.2. The van der Waals surface area contributed by atoms with E-state index in [4.69, 9.17) is 11.6 Å². The van der Waals surface area contributed by atoms with Crippen molar-refractivity contribution >= 4 is 17.4 Å². The van der Waals surface area contributed by atoms with Gasteiger partial charge in [0.1, 0.15) is 5.82 Å². The third kappa shape index (κ3) is 2.57. The van der Waals surface area contributed by atoms with Crippen LogP contribution in [0.4, 0.5) is 4.39 Å². The Morgan fingerprint density at radius 3 is 2.60 bits per heavy atom. The summed E-state index contributed by atoms with van der Waals surface area (Å²) < 4.78 is 13.0. The molecule has 0 saturated heterocycles. The van der Waals surface area contributed by atoms with Gasteiger partial charge >= 0.3 is 0 Å². The maximum absolute atomic E-state index is 13.0. The number of ketones is 1. The fourth-order valence-electron chi connectivity index (χ4n) is 1.20. The molecule has 1 aromatic rings. The quantitative estimate of drug-likeness (QED) is 0.712. The van der Waals surface area contributed by atoms with Gasteiger partial charge in [-0.05, 0) is 24.6 Å². The van der Waals surface area contributed by atoms with Crippen LogP contribution in [0.2, 0.25) is 5.02 Å². The number of rotatable bonds is 3. The molecule has 0 fully saturated rings. The Bertz CT molecular complexity index is 385. The first-order chi connectivity index (χ1) is 6.88. The van der Waals surface area contributed by atoms with Crippen LogP contribution in [0.1, 0.15) is 37.6 Å². The summed E-state index contributed by atoms with van der Waals surface area (Å²) in [4.78, 5) is 12.0. The molecular formula is C12H14ClFO. The Morgan fingerprint density at radius 1 is 1.47 bits per heavy atom. The van der Waals surface area contributed by atoms with Crippen LogP contribution in [0, 0.1) is 11.2 Å². The molecule has 0 aliphatic carbocycles. The molecule has 0 spiro atoms. The topological polar surface area (TPSA) is 17.1 Å². The van der Waals surface area contributed by atoms with E-state index in [-0.39, 0.29) is 11.3 Å².